The van der Waals surface area contributed by atoms with Crippen molar-refractivity contribution in [2.45, 2.75) is 25.2 Å². The van der Waals surface area contributed by atoms with Gasteiger partial charge in [0.05, 0.1) is 4.47 Å². The SMILES string of the molecule is CCC(CBr)(Cc1cccc(F)c1Br)c1ccccc1. The molecule has 0 aliphatic heterocycles. The quantitative estimate of drug-likeness (QED) is 0.551. The van der Waals surface area contributed by atoms with Crippen LogP contribution in [0.3, 0.4) is 0 Å². The summed E-state index contributed by atoms with van der Waals surface area (Å²) in [5.74, 6) is -0.199. The highest BCUT2D eigenvalue weighted by Gasteiger charge is 2.30. The predicted octanol–water partition coefficient (Wildman–Crippen LogP) is 5.87. The van der Waals surface area contributed by atoms with Crippen LogP contribution in [-0.4, -0.2) is 5.33 Å². The fourth-order valence-electron chi connectivity index (χ4n) is 2.49. The first-order valence-electron chi connectivity index (χ1n) is 6.67. The van der Waals surface area contributed by atoms with Gasteiger partial charge in [0.2, 0.25) is 0 Å². The molecule has 20 heavy (non-hydrogen) atoms. The minimum absolute atomic E-state index is 0.0163. The first-order chi connectivity index (χ1) is 9.63. The second-order valence-corrected chi connectivity index (χ2v) is 6.38. The molecule has 0 aliphatic carbocycles. The van der Waals surface area contributed by atoms with Crippen LogP contribution in [0, 0.1) is 5.82 Å². The van der Waals surface area contributed by atoms with Gasteiger partial charge in [0.15, 0.2) is 0 Å². The van der Waals surface area contributed by atoms with Crippen LogP contribution in [0.1, 0.15) is 24.5 Å². The Morgan fingerprint density at radius 3 is 2.35 bits per heavy atom. The zero-order chi connectivity index (χ0) is 14.6. The van der Waals surface area contributed by atoms with E-state index in [1.807, 2.05) is 12.1 Å². The molecule has 106 valence electrons. The van der Waals surface area contributed by atoms with Crippen molar-refractivity contribution in [3.63, 3.8) is 0 Å². The summed E-state index contributed by atoms with van der Waals surface area (Å²) >= 11 is 7.03. The summed E-state index contributed by atoms with van der Waals surface area (Å²) in [4.78, 5) is 0. The van der Waals surface area contributed by atoms with E-state index in [9.17, 15) is 4.39 Å². The van der Waals surface area contributed by atoms with Gasteiger partial charge in [-0.15, -0.1) is 0 Å². The van der Waals surface area contributed by atoms with Crippen LogP contribution in [0.5, 0.6) is 0 Å². The van der Waals surface area contributed by atoms with E-state index in [2.05, 4.69) is 63.0 Å². The molecule has 2 aromatic rings. The van der Waals surface area contributed by atoms with Crippen LogP contribution in [0.2, 0.25) is 0 Å². The van der Waals surface area contributed by atoms with Crippen molar-refractivity contribution in [1.82, 2.24) is 0 Å². The number of rotatable bonds is 5. The van der Waals surface area contributed by atoms with Crippen LogP contribution in [0.25, 0.3) is 0 Å². The van der Waals surface area contributed by atoms with Gasteiger partial charge in [0, 0.05) is 10.7 Å². The average Bonchev–Trinajstić information content (AvgIpc) is 2.50. The zero-order valence-corrected chi connectivity index (χ0v) is 14.5. The van der Waals surface area contributed by atoms with Crippen LogP contribution < -0.4 is 0 Å². The molecule has 0 fully saturated rings. The average molecular weight is 400 g/mol. The zero-order valence-electron chi connectivity index (χ0n) is 11.4. The first kappa shape index (κ1) is 15.7. The predicted molar refractivity (Wildman–Crippen MR) is 90.0 cm³/mol. The van der Waals surface area contributed by atoms with Gasteiger partial charge in [-0.2, -0.15) is 0 Å². The molecular formula is C17H17Br2F. The fourth-order valence-corrected chi connectivity index (χ4v) is 3.81. The van der Waals surface area contributed by atoms with Gasteiger partial charge in [-0.05, 0) is 46.0 Å². The normalized spacial score (nSPS) is 14.0. The molecule has 0 heterocycles. The Morgan fingerprint density at radius 1 is 1.05 bits per heavy atom. The lowest BCUT2D eigenvalue weighted by Crippen LogP contribution is -2.30. The summed E-state index contributed by atoms with van der Waals surface area (Å²) < 4.78 is 14.3. The van der Waals surface area contributed by atoms with E-state index in [4.69, 9.17) is 0 Å². The molecule has 0 bridgehead atoms. The molecule has 1 unspecified atom stereocenters. The van der Waals surface area contributed by atoms with Crippen molar-refractivity contribution in [2.75, 3.05) is 5.33 Å². The minimum atomic E-state index is -0.199. The van der Waals surface area contributed by atoms with E-state index in [1.54, 1.807) is 6.07 Å². The highest BCUT2D eigenvalue weighted by atomic mass is 79.9. The van der Waals surface area contributed by atoms with Crippen LogP contribution in [0.4, 0.5) is 4.39 Å². The van der Waals surface area contributed by atoms with E-state index in [0.717, 1.165) is 23.7 Å². The Morgan fingerprint density at radius 2 is 1.75 bits per heavy atom. The van der Waals surface area contributed by atoms with Gasteiger partial charge < -0.3 is 0 Å². The van der Waals surface area contributed by atoms with Crippen molar-refractivity contribution in [3.8, 4) is 0 Å². The van der Waals surface area contributed by atoms with Crippen molar-refractivity contribution in [3.05, 3.63) is 69.9 Å². The maximum atomic E-state index is 13.7. The topological polar surface area (TPSA) is 0 Å². The molecule has 0 saturated heterocycles. The number of alkyl halides is 1. The Hall–Kier alpha value is -0.670. The Bertz CT molecular complexity index is 562. The van der Waals surface area contributed by atoms with Crippen molar-refractivity contribution in [2.24, 2.45) is 0 Å². The minimum Gasteiger partial charge on any atom is -0.206 e. The van der Waals surface area contributed by atoms with Crippen LogP contribution in [-0.2, 0) is 11.8 Å². The Balaban J connectivity index is 2.42. The monoisotopic (exact) mass is 398 g/mol. The van der Waals surface area contributed by atoms with Crippen LogP contribution in [0.15, 0.2) is 53.0 Å². The van der Waals surface area contributed by atoms with E-state index in [0.29, 0.717) is 4.47 Å². The standard InChI is InChI=1S/C17H17Br2F/c1-2-17(12-18,14-8-4-3-5-9-14)11-13-7-6-10-15(20)16(13)19/h3-10H,2,11-12H2,1H3. The summed E-state index contributed by atoms with van der Waals surface area (Å²) in [7, 11) is 0. The van der Waals surface area contributed by atoms with Gasteiger partial charge in [-0.3, -0.25) is 0 Å². The molecule has 2 aromatic carbocycles. The Labute approximate surface area is 136 Å². The smallest absolute Gasteiger partial charge is 0.137 e. The molecule has 0 aromatic heterocycles. The maximum absolute atomic E-state index is 13.7. The molecule has 0 radical (unpaired) electrons. The fraction of sp³-hybridized carbons (Fsp3) is 0.294. The highest BCUT2D eigenvalue weighted by Crippen LogP contribution is 2.36. The molecule has 0 N–H and O–H groups in total. The lowest BCUT2D eigenvalue weighted by molar-refractivity contribution is 0.462. The number of hydrogen-bond donors (Lipinski definition) is 0. The van der Waals surface area contributed by atoms with E-state index in [-0.39, 0.29) is 11.2 Å². The molecule has 2 rings (SSSR count). The summed E-state index contributed by atoms with van der Waals surface area (Å²) in [6.07, 6.45) is 1.79. The van der Waals surface area contributed by atoms with Crippen molar-refractivity contribution < 1.29 is 4.39 Å². The van der Waals surface area contributed by atoms with E-state index in [1.165, 1.54) is 11.6 Å². The van der Waals surface area contributed by atoms with Gasteiger partial charge in [0.25, 0.3) is 0 Å². The molecular weight excluding hydrogens is 383 g/mol. The third-order valence-electron chi connectivity index (χ3n) is 3.88. The summed E-state index contributed by atoms with van der Waals surface area (Å²) in [6, 6.07) is 15.7. The molecule has 3 heteroatoms. The molecule has 0 spiro atoms. The van der Waals surface area contributed by atoms with Gasteiger partial charge >= 0.3 is 0 Å². The first-order valence-corrected chi connectivity index (χ1v) is 8.59. The summed E-state index contributed by atoms with van der Waals surface area (Å²) in [6.45, 7) is 2.18. The highest BCUT2D eigenvalue weighted by molar-refractivity contribution is 9.10. The molecule has 0 amide bonds. The number of hydrogen-bond acceptors (Lipinski definition) is 0. The van der Waals surface area contributed by atoms with Gasteiger partial charge in [-0.25, -0.2) is 4.39 Å². The molecule has 0 aliphatic rings. The summed E-state index contributed by atoms with van der Waals surface area (Å²) in [5.41, 5.74) is 2.28. The second-order valence-electron chi connectivity index (χ2n) is 5.02. The third-order valence-corrected chi connectivity index (χ3v) is 5.84. The van der Waals surface area contributed by atoms with Crippen LogP contribution >= 0.6 is 31.9 Å². The maximum Gasteiger partial charge on any atom is 0.137 e. The second kappa shape index (κ2) is 6.86. The largest absolute Gasteiger partial charge is 0.206 e. The van der Waals surface area contributed by atoms with E-state index < -0.39 is 0 Å². The number of halogens is 3. The van der Waals surface area contributed by atoms with Crippen molar-refractivity contribution in [1.29, 1.82) is 0 Å². The Kier molecular flexibility index (Phi) is 5.39. The lowest BCUT2D eigenvalue weighted by Gasteiger charge is -2.32. The molecule has 0 nitrogen and oxygen atoms in total. The third kappa shape index (κ3) is 3.15. The van der Waals surface area contributed by atoms with Crippen molar-refractivity contribution >= 4 is 31.9 Å². The van der Waals surface area contributed by atoms with E-state index >= 15 is 0 Å². The van der Waals surface area contributed by atoms with Gasteiger partial charge in [-0.1, -0.05) is 65.3 Å². The summed E-state index contributed by atoms with van der Waals surface area (Å²) in [5, 5.41) is 0.851. The number of benzene rings is 2. The van der Waals surface area contributed by atoms with Gasteiger partial charge in [0.1, 0.15) is 5.82 Å². The molecule has 0 saturated carbocycles. The lowest BCUT2D eigenvalue weighted by atomic mass is 9.75. The molecule has 1 atom stereocenters.